The van der Waals surface area contributed by atoms with E-state index in [2.05, 4.69) is 66.2 Å². The number of benzene rings is 2. The Morgan fingerprint density at radius 2 is 1.64 bits per heavy atom. The second-order valence-corrected chi connectivity index (χ2v) is 6.44. The fraction of sp³-hybridized carbons (Fsp3) is 0.368. The first-order chi connectivity index (χ1) is 10.6. The summed E-state index contributed by atoms with van der Waals surface area (Å²) in [6.07, 6.45) is 1.88. The summed E-state index contributed by atoms with van der Waals surface area (Å²) >= 11 is 3.62. The highest BCUT2D eigenvalue weighted by molar-refractivity contribution is 9.10. The number of hydrogen-bond donors (Lipinski definition) is 0. The smallest absolute Gasteiger partial charge is 0.146 e. The Balaban J connectivity index is 1.98. The van der Waals surface area contributed by atoms with Crippen LogP contribution in [0.4, 0.5) is 0 Å². The highest BCUT2D eigenvalue weighted by Crippen LogP contribution is 2.23. The van der Waals surface area contributed by atoms with E-state index in [4.69, 9.17) is 9.47 Å². The maximum absolute atomic E-state index is 5.33. The van der Waals surface area contributed by atoms with Crippen LogP contribution in [0.5, 0.6) is 0 Å². The van der Waals surface area contributed by atoms with Crippen molar-refractivity contribution in [3.63, 3.8) is 0 Å². The van der Waals surface area contributed by atoms with Crippen LogP contribution in [0.3, 0.4) is 0 Å². The van der Waals surface area contributed by atoms with Crippen molar-refractivity contribution in [2.24, 2.45) is 0 Å². The van der Waals surface area contributed by atoms with Crippen LogP contribution in [0.2, 0.25) is 0 Å². The molecular formula is C19H23BrO2. The van der Waals surface area contributed by atoms with E-state index in [0.717, 1.165) is 12.8 Å². The van der Waals surface area contributed by atoms with Gasteiger partial charge in [0.2, 0.25) is 0 Å². The van der Waals surface area contributed by atoms with Crippen molar-refractivity contribution in [2.45, 2.75) is 26.7 Å². The molecule has 3 heteroatoms. The molecule has 0 bridgehead atoms. The Labute approximate surface area is 141 Å². The van der Waals surface area contributed by atoms with Gasteiger partial charge in [-0.15, -0.1) is 0 Å². The number of aryl methyl sites for hydroxylation is 2. The lowest BCUT2D eigenvalue weighted by molar-refractivity contribution is -0.0291. The molecule has 0 saturated heterocycles. The van der Waals surface area contributed by atoms with Crippen molar-refractivity contribution in [2.75, 3.05) is 20.5 Å². The fourth-order valence-corrected chi connectivity index (χ4v) is 2.82. The predicted octanol–water partition coefficient (Wildman–Crippen LogP) is 4.82. The SMILES string of the molecule is COCOCCc1ccc(Cc2cc(Br)c(C)cc2C)cc1. The van der Waals surface area contributed by atoms with E-state index in [0.29, 0.717) is 13.4 Å². The molecule has 2 aromatic carbocycles. The second-order valence-electron chi connectivity index (χ2n) is 5.59. The quantitative estimate of drug-likeness (QED) is 0.519. The van der Waals surface area contributed by atoms with Gasteiger partial charge in [0.05, 0.1) is 6.61 Å². The number of methoxy groups -OCH3 is 1. The van der Waals surface area contributed by atoms with Crippen molar-refractivity contribution >= 4 is 15.9 Å². The molecule has 2 rings (SSSR count). The van der Waals surface area contributed by atoms with Crippen LogP contribution in [-0.4, -0.2) is 20.5 Å². The number of ether oxygens (including phenoxy) is 2. The Hall–Kier alpha value is -1.16. The minimum atomic E-state index is 0.361. The minimum Gasteiger partial charge on any atom is -0.359 e. The zero-order valence-electron chi connectivity index (χ0n) is 13.5. The van der Waals surface area contributed by atoms with Crippen molar-refractivity contribution in [3.05, 3.63) is 68.7 Å². The molecule has 0 unspecified atom stereocenters. The molecule has 0 saturated carbocycles. The van der Waals surface area contributed by atoms with Gasteiger partial charge in [-0.25, -0.2) is 0 Å². The van der Waals surface area contributed by atoms with Gasteiger partial charge >= 0.3 is 0 Å². The van der Waals surface area contributed by atoms with Crippen LogP contribution in [0.25, 0.3) is 0 Å². The summed E-state index contributed by atoms with van der Waals surface area (Å²) in [5, 5.41) is 0. The van der Waals surface area contributed by atoms with E-state index in [-0.39, 0.29) is 0 Å². The lowest BCUT2D eigenvalue weighted by Gasteiger charge is -2.10. The molecule has 0 aliphatic heterocycles. The molecule has 0 aliphatic rings. The summed E-state index contributed by atoms with van der Waals surface area (Å²) in [7, 11) is 1.64. The topological polar surface area (TPSA) is 18.5 Å². The summed E-state index contributed by atoms with van der Waals surface area (Å²) in [5.41, 5.74) is 6.63. The Kier molecular flexibility index (Phi) is 6.62. The first kappa shape index (κ1) is 17.2. The van der Waals surface area contributed by atoms with Crippen LogP contribution < -0.4 is 0 Å². The van der Waals surface area contributed by atoms with E-state index in [1.165, 1.54) is 32.3 Å². The third-order valence-corrected chi connectivity index (χ3v) is 4.63. The molecule has 0 atom stereocenters. The minimum absolute atomic E-state index is 0.361. The van der Waals surface area contributed by atoms with Crippen LogP contribution in [-0.2, 0) is 22.3 Å². The number of hydrogen-bond acceptors (Lipinski definition) is 2. The molecular weight excluding hydrogens is 340 g/mol. The first-order valence-corrected chi connectivity index (χ1v) is 8.29. The van der Waals surface area contributed by atoms with E-state index >= 15 is 0 Å². The molecule has 0 heterocycles. The zero-order valence-corrected chi connectivity index (χ0v) is 15.1. The van der Waals surface area contributed by atoms with Crippen molar-refractivity contribution < 1.29 is 9.47 Å². The average Bonchev–Trinajstić information content (AvgIpc) is 2.51. The van der Waals surface area contributed by atoms with E-state index in [1.54, 1.807) is 7.11 Å². The molecule has 22 heavy (non-hydrogen) atoms. The van der Waals surface area contributed by atoms with Gasteiger partial charge in [0.25, 0.3) is 0 Å². The summed E-state index contributed by atoms with van der Waals surface area (Å²) in [6.45, 7) is 5.36. The van der Waals surface area contributed by atoms with Gasteiger partial charge < -0.3 is 9.47 Å². The zero-order chi connectivity index (χ0) is 15.9. The van der Waals surface area contributed by atoms with Crippen molar-refractivity contribution in [3.8, 4) is 0 Å². The molecule has 0 spiro atoms. The molecule has 0 radical (unpaired) electrons. The Bertz CT molecular complexity index is 606. The van der Waals surface area contributed by atoms with Gasteiger partial charge in [-0.1, -0.05) is 46.3 Å². The van der Waals surface area contributed by atoms with E-state index in [1.807, 2.05) is 0 Å². The highest BCUT2D eigenvalue weighted by atomic mass is 79.9. The molecule has 118 valence electrons. The van der Waals surface area contributed by atoms with Gasteiger partial charge in [-0.05, 0) is 60.6 Å². The van der Waals surface area contributed by atoms with Gasteiger partial charge in [0.1, 0.15) is 6.79 Å². The summed E-state index contributed by atoms with van der Waals surface area (Å²) in [5.74, 6) is 0. The molecule has 2 nitrogen and oxygen atoms in total. The van der Waals surface area contributed by atoms with E-state index < -0.39 is 0 Å². The van der Waals surface area contributed by atoms with Crippen molar-refractivity contribution in [1.29, 1.82) is 0 Å². The third kappa shape index (κ3) is 4.94. The number of rotatable bonds is 7. The van der Waals surface area contributed by atoms with Crippen LogP contribution >= 0.6 is 15.9 Å². The van der Waals surface area contributed by atoms with Crippen LogP contribution in [0.1, 0.15) is 27.8 Å². The maximum atomic E-state index is 5.33. The van der Waals surface area contributed by atoms with Gasteiger partial charge in [0, 0.05) is 11.6 Å². The van der Waals surface area contributed by atoms with Gasteiger partial charge in [0.15, 0.2) is 0 Å². The summed E-state index contributed by atoms with van der Waals surface area (Å²) < 4.78 is 11.4. The van der Waals surface area contributed by atoms with Crippen LogP contribution in [0, 0.1) is 13.8 Å². The monoisotopic (exact) mass is 362 g/mol. The van der Waals surface area contributed by atoms with E-state index in [9.17, 15) is 0 Å². The molecule has 0 aliphatic carbocycles. The molecule has 0 N–H and O–H groups in total. The fourth-order valence-electron chi connectivity index (χ4n) is 2.43. The van der Waals surface area contributed by atoms with Gasteiger partial charge in [-0.3, -0.25) is 0 Å². The Morgan fingerprint density at radius 3 is 2.32 bits per heavy atom. The van der Waals surface area contributed by atoms with Gasteiger partial charge in [-0.2, -0.15) is 0 Å². The predicted molar refractivity (Wildman–Crippen MR) is 94.4 cm³/mol. The summed E-state index contributed by atoms with van der Waals surface area (Å²) in [6, 6.07) is 13.3. The molecule has 0 amide bonds. The molecule has 0 fully saturated rings. The standard InChI is InChI=1S/C19H23BrO2/c1-14-10-15(2)19(20)12-18(14)11-17-6-4-16(5-7-17)8-9-22-13-21-3/h4-7,10,12H,8-9,11,13H2,1-3H3. The highest BCUT2D eigenvalue weighted by Gasteiger charge is 2.04. The third-order valence-electron chi connectivity index (χ3n) is 3.77. The Morgan fingerprint density at radius 1 is 0.955 bits per heavy atom. The maximum Gasteiger partial charge on any atom is 0.146 e. The average molecular weight is 363 g/mol. The number of halogens is 1. The molecule has 0 aromatic heterocycles. The lowest BCUT2D eigenvalue weighted by atomic mass is 9.98. The largest absolute Gasteiger partial charge is 0.359 e. The lowest BCUT2D eigenvalue weighted by Crippen LogP contribution is -2.01. The van der Waals surface area contributed by atoms with Crippen molar-refractivity contribution in [1.82, 2.24) is 0 Å². The second kappa shape index (κ2) is 8.47. The summed E-state index contributed by atoms with van der Waals surface area (Å²) in [4.78, 5) is 0. The normalized spacial score (nSPS) is 10.9. The first-order valence-electron chi connectivity index (χ1n) is 7.50. The molecule has 2 aromatic rings. The van der Waals surface area contributed by atoms with Crippen LogP contribution in [0.15, 0.2) is 40.9 Å².